The number of piperazine rings is 1. The number of amides is 2. The Balaban J connectivity index is 1.35. The van der Waals surface area contributed by atoms with E-state index in [9.17, 15) is 9.59 Å². The number of fused-ring (bicyclic) bond motifs is 1. The number of nitrogens with one attached hydrogen (secondary N) is 2. The molecule has 7 nitrogen and oxygen atoms in total. The number of pyridine rings is 1. The summed E-state index contributed by atoms with van der Waals surface area (Å²) in [6.07, 6.45) is 4.72. The van der Waals surface area contributed by atoms with Crippen molar-refractivity contribution >= 4 is 17.5 Å². The molecule has 0 bridgehead atoms. The monoisotopic (exact) mass is 393 g/mol. The van der Waals surface area contributed by atoms with Crippen LogP contribution in [0.25, 0.3) is 0 Å². The van der Waals surface area contributed by atoms with E-state index in [1.807, 2.05) is 12.1 Å². The predicted molar refractivity (Wildman–Crippen MR) is 111 cm³/mol. The van der Waals surface area contributed by atoms with Crippen molar-refractivity contribution in [1.29, 1.82) is 0 Å². The summed E-state index contributed by atoms with van der Waals surface area (Å²) in [6.45, 7) is 3.44. The molecule has 152 valence electrons. The molecular formula is C22H27N5O2. The molecular weight excluding hydrogens is 366 g/mol. The number of carbonyl (C=O) groups excluding carboxylic acids is 2. The van der Waals surface area contributed by atoms with Gasteiger partial charge in [0.05, 0.1) is 12.5 Å². The maximum Gasteiger partial charge on any atom is 0.237 e. The van der Waals surface area contributed by atoms with E-state index in [1.165, 1.54) is 11.3 Å². The third-order valence-electron chi connectivity index (χ3n) is 5.69. The molecule has 1 unspecified atom stereocenters. The van der Waals surface area contributed by atoms with Crippen LogP contribution in [0.3, 0.4) is 0 Å². The Labute approximate surface area is 171 Å². The molecule has 2 N–H and O–H groups in total. The number of hydrogen-bond acceptors (Lipinski definition) is 5. The zero-order valence-electron chi connectivity index (χ0n) is 16.7. The molecule has 2 aliphatic rings. The number of rotatable bonds is 6. The third kappa shape index (κ3) is 4.56. The normalized spacial score (nSPS) is 19.0. The Bertz CT molecular complexity index is 886. The van der Waals surface area contributed by atoms with Gasteiger partial charge in [-0.05, 0) is 35.2 Å². The molecule has 1 aromatic carbocycles. The van der Waals surface area contributed by atoms with Crippen LogP contribution >= 0.6 is 0 Å². The van der Waals surface area contributed by atoms with Crippen molar-refractivity contribution in [1.82, 2.24) is 20.5 Å². The van der Waals surface area contributed by atoms with Gasteiger partial charge in [-0.3, -0.25) is 19.5 Å². The van der Waals surface area contributed by atoms with Gasteiger partial charge in [0.25, 0.3) is 0 Å². The number of anilines is 1. The molecule has 7 heteroatoms. The minimum atomic E-state index is -0.461. The second-order valence-corrected chi connectivity index (χ2v) is 7.75. The predicted octanol–water partition coefficient (Wildman–Crippen LogP) is 1.08. The summed E-state index contributed by atoms with van der Waals surface area (Å²) in [7, 11) is 2.10. The van der Waals surface area contributed by atoms with E-state index in [0.717, 1.165) is 30.6 Å². The van der Waals surface area contributed by atoms with E-state index in [0.29, 0.717) is 19.6 Å². The highest BCUT2D eigenvalue weighted by molar-refractivity contribution is 5.88. The summed E-state index contributed by atoms with van der Waals surface area (Å²) in [5, 5.41) is 5.86. The average Bonchev–Trinajstić information content (AvgIpc) is 3.10. The van der Waals surface area contributed by atoms with E-state index in [2.05, 4.69) is 50.7 Å². The van der Waals surface area contributed by atoms with Crippen molar-refractivity contribution in [3.05, 3.63) is 59.4 Å². The quantitative estimate of drug-likeness (QED) is 0.768. The third-order valence-corrected chi connectivity index (χ3v) is 5.69. The van der Waals surface area contributed by atoms with Crippen LogP contribution in [0.5, 0.6) is 0 Å². The van der Waals surface area contributed by atoms with Gasteiger partial charge in [-0.25, -0.2) is 0 Å². The van der Waals surface area contributed by atoms with Crippen LogP contribution in [-0.4, -0.2) is 54.4 Å². The fourth-order valence-corrected chi connectivity index (χ4v) is 4.08. The first-order valence-corrected chi connectivity index (χ1v) is 10.1. The number of nitrogens with zero attached hydrogens (tertiary/aromatic N) is 3. The first-order chi connectivity index (χ1) is 14.1. The molecule has 2 amide bonds. The van der Waals surface area contributed by atoms with E-state index in [4.69, 9.17) is 0 Å². The number of aromatic nitrogens is 1. The highest BCUT2D eigenvalue weighted by Crippen LogP contribution is 2.27. The molecule has 1 saturated heterocycles. The van der Waals surface area contributed by atoms with Gasteiger partial charge in [-0.2, -0.15) is 0 Å². The minimum absolute atomic E-state index is 0.0872. The van der Waals surface area contributed by atoms with Crippen molar-refractivity contribution in [2.45, 2.75) is 32.0 Å². The second kappa shape index (κ2) is 8.61. The van der Waals surface area contributed by atoms with Gasteiger partial charge in [-0.15, -0.1) is 0 Å². The Morgan fingerprint density at radius 3 is 3.00 bits per heavy atom. The fourth-order valence-electron chi connectivity index (χ4n) is 4.08. The molecule has 0 saturated carbocycles. The van der Waals surface area contributed by atoms with Crippen LogP contribution in [-0.2, 0) is 29.1 Å². The molecule has 1 atom stereocenters. The SMILES string of the molecule is CN1CCc2cc(CNC(=O)CC3C(=O)NCCN3Cc3cccnc3)ccc21. The molecule has 0 aliphatic carbocycles. The van der Waals surface area contributed by atoms with Crippen molar-refractivity contribution < 1.29 is 9.59 Å². The molecule has 29 heavy (non-hydrogen) atoms. The number of benzene rings is 1. The molecule has 2 aromatic rings. The van der Waals surface area contributed by atoms with E-state index in [1.54, 1.807) is 12.4 Å². The molecule has 1 fully saturated rings. The summed E-state index contributed by atoms with van der Waals surface area (Å²) in [5.41, 5.74) is 4.72. The Hall–Kier alpha value is -2.93. The standard InChI is InChI=1S/C22H27N5O2/c1-26-9-6-18-11-16(4-5-19(18)26)14-25-21(28)12-20-22(29)24-8-10-27(20)15-17-3-2-7-23-13-17/h2-5,7,11,13,20H,6,8-10,12,14-15H2,1H3,(H,24,29)(H,25,28). The zero-order valence-corrected chi connectivity index (χ0v) is 16.7. The fraction of sp³-hybridized carbons (Fsp3) is 0.409. The Kier molecular flexibility index (Phi) is 5.76. The summed E-state index contributed by atoms with van der Waals surface area (Å²) >= 11 is 0. The molecule has 2 aliphatic heterocycles. The van der Waals surface area contributed by atoms with Crippen LogP contribution in [0.4, 0.5) is 5.69 Å². The van der Waals surface area contributed by atoms with Crippen LogP contribution in [0.2, 0.25) is 0 Å². The lowest BCUT2D eigenvalue weighted by atomic mass is 10.1. The molecule has 0 radical (unpaired) electrons. The van der Waals surface area contributed by atoms with Gasteiger partial charge in [0.2, 0.25) is 11.8 Å². The van der Waals surface area contributed by atoms with E-state index in [-0.39, 0.29) is 18.2 Å². The summed E-state index contributed by atoms with van der Waals surface area (Å²) in [5.74, 6) is -0.197. The minimum Gasteiger partial charge on any atom is -0.374 e. The number of likely N-dealkylation sites (N-methyl/N-ethyl adjacent to an activating group) is 1. The molecule has 1 aromatic heterocycles. The van der Waals surface area contributed by atoms with Gasteiger partial charge in [0.1, 0.15) is 0 Å². The van der Waals surface area contributed by atoms with Crippen LogP contribution in [0.1, 0.15) is 23.1 Å². The van der Waals surface area contributed by atoms with Gasteiger partial charge in [-0.1, -0.05) is 18.2 Å². The highest BCUT2D eigenvalue weighted by Gasteiger charge is 2.31. The van der Waals surface area contributed by atoms with Gasteiger partial charge >= 0.3 is 0 Å². The van der Waals surface area contributed by atoms with E-state index < -0.39 is 6.04 Å². The first kappa shape index (κ1) is 19.4. The maximum atomic E-state index is 12.6. The van der Waals surface area contributed by atoms with Crippen molar-refractivity contribution in [2.75, 3.05) is 31.6 Å². The molecule has 0 spiro atoms. The van der Waals surface area contributed by atoms with Gasteiger partial charge in [0.15, 0.2) is 0 Å². The van der Waals surface area contributed by atoms with Crippen molar-refractivity contribution in [2.24, 2.45) is 0 Å². The smallest absolute Gasteiger partial charge is 0.237 e. The average molecular weight is 393 g/mol. The lowest BCUT2D eigenvalue weighted by Crippen LogP contribution is -2.56. The van der Waals surface area contributed by atoms with Crippen LogP contribution < -0.4 is 15.5 Å². The van der Waals surface area contributed by atoms with Gasteiger partial charge < -0.3 is 15.5 Å². The summed E-state index contributed by atoms with van der Waals surface area (Å²) in [6, 6.07) is 9.76. The Morgan fingerprint density at radius 1 is 1.28 bits per heavy atom. The van der Waals surface area contributed by atoms with Crippen LogP contribution in [0.15, 0.2) is 42.7 Å². The molecule has 4 rings (SSSR count). The van der Waals surface area contributed by atoms with Gasteiger partial charge in [0, 0.05) is 57.9 Å². The molecule has 3 heterocycles. The second-order valence-electron chi connectivity index (χ2n) is 7.75. The summed E-state index contributed by atoms with van der Waals surface area (Å²) in [4.78, 5) is 33.4. The maximum absolute atomic E-state index is 12.6. The zero-order chi connectivity index (χ0) is 20.2. The Morgan fingerprint density at radius 2 is 2.17 bits per heavy atom. The lowest BCUT2D eigenvalue weighted by molar-refractivity contribution is -0.134. The summed E-state index contributed by atoms with van der Waals surface area (Å²) < 4.78 is 0. The number of carbonyl (C=O) groups is 2. The number of hydrogen-bond donors (Lipinski definition) is 2. The lowest BCUT2D eigenvalue weighted by Gasteiger charge is -2.34. The van der Waals surface area contributed by atoms with E-state index >= 15 is 0 Å². The first-order valence-electron chi connectivity index (χ1n) is 10.1. The van der Waals surface area contributed by atoms with Crippen molar-refractivity contribution in [3.63, 3.8) is 0 Å². The largest absolute Gasteiger partial charge is 0.374 e. The highest BCUT2D eigenvalue weighted by atomic mass is 16.2. The van der Waals surface area contributed by atoms with Crippen LogP contribution in [0, 0.1) is 0 Å². The van der Waals surface area contributed by atoms with Crippen molar-refractivity contribution in [3.8, 4) is 0 Å². The topological polar surface area (TPSA) is 77.6 Å².